The molecule has 0 aromatic carbocycles. The summed E-state index contributed by atoms with van der Waals surface area (Å²) in [5.41, 5.74) is 8.33. The van der Waals surface area contributed by atoms with Crippen LogP contribution in [0.2, 0.25) is 0 Å². The quantitative estimate of drug-likeness (QED) is 0.861. The number of thiophene rings is 1. The average Bonchev–Trinajstić information content (AvgIpc) is 2.94. The lowest BCUT2D eigenvalue weighted by atomic mass is 10.1. The zero-order chi connectivity index (χ0) is 11.0. The fourth-order valence-electron chi connectivity index (χ4n) is 2.38. The van der Waals surface area contributed by atoms with Gasteiger partial charge in [-0.2, -0.15) is 0 Å². The fraction of sp³-hybridized carbons (Fsp3) is 0.308. The third-order valence-corrected chi connectivity index (χ3v) is 4.41. The van der Waals surface area contributed by atoms with Crippen LogP contribution in [-0.4, -0.2) is 4.98 Å². The minimum Gasteiger partial charge on any atom is -0.326 e. The average molecular weight is 230 g/mol. The van der Waals surface area contributed by atoms with Crippen molar-refractivity contribution < 1.29 is 0 Å². The molecule has 0 saturated carbocycles. The first-order valence-corrected chi connectivity index (χ1v) is 6.42. The number of hydrogen-bond acceptors (Lipinski definition) is 3. The molecule has 1 unspecified atom stereocenters. The van der Waals surface area contributed by atoms with Crippen LogP contribution in [0.4, 0.5) is 0 Å². The van der Waals surface area contributed by atoms with Crippen LogP contribution < -0.4 is 5.73 Å². The summed E-state index contributed by atoms with van der Waals surface area (Å²) in [5.74, 6) is 0.501. The molecule has 3 rings (SSSR count). The predicted octanol–water partition coefficient (Wildman–Crippen LogP) is 2.68. The number of aryl methyl sites for hydroxylation is 1. The first kappa shape index (κ1) is 10.00. The van der Waals surface area contributed by atoms with E-state index in [0.29, 0.717) is 12.5 Å². The van der Waals surface area contributed by atoms with E-state index in [0.717, 1.165) is 6.42 Å². The monoisotopic (exact) mass is 230 g/mol. The van der Waals surface area contributed by atoms with Crippen molar-refractivity contribution in [2.45, 2.75) is 25.3 Å². The molecule has 1 atom stereocenters. The Hall–Kier alpha value is -1.19. The molecule has 82 valence electrons. The van der Waals surface area contributed by atoms with E-state index in [9.17, 15) is 0 Å². The smallest absolute Gasteiger partial charge is 0.0518 e. The first-order valence-electron chi connectivity index (χ1n) is 5.61. The van der Waals surface area contributed by atoms with Crippen molar-refractivity contribution in [3.8, 4) is 0 Å². The molecular formula is C13H14N2S. The van der Waals surface area contributed by atoms with Gasteiger partial charge in [0.25, 0.3) is 0 Å². The van der Waals surface area contributed by atoms with Gasteiger partial charge >= 0.3 is 0 Å². The molecule has 0 aliphatic heterocycles. The maximum atomic E-state index is 5.65. The number of pyridine rings is 1. The van der Waals surface area contributed by atoms with Crippen LogP contribution in [0, 0.1) is 0 Å². The molecule has 1 aliphatic rings. The Kier molecular flexibility index (Phi) is 2.50. The van der Waals surface area contributed by atoms with Crippen LogP contribution in [0.1, 0.15) is 33.4 Å². The fourth-order valence-corrected chi connectivity index (χ4v) is 3.41. The lowest BCUT2D eigenvalue weighted by molar-refractivity contribution is 0.786. The van der Waals surface area contributed by atoms with Crippen LogP contribution in [0.5, 0.6) is 0 Å². The Labute approximate surface area is 99.1 Å². The van der Waals surface area contributed by atoms with Gasteiger partial charge in [-0.3, -0.25) is 4.98 Å². The van der Waals surface area contributed by atoms with Crippen molar-refractivity contribution in [1.82, 2.24) is 4.98 Å². The van der Waals surface area contributed by atoms with Crippen LogP contribution >= 0.6 is 11.3 Å². The number of nitrogens with zero attached hydrogens (tertiary/aromatic N) is 1. The van der Waals surface area contributed by atoms with Gasteiger partial charge < -0.3 is 5.73 Å². The largest absolute Gasteiger partial charge is 0.326 e. The molecule has 2 N–H and O–H groups in total. The van der Waals surface area contributed by atoms with Crippen molar-refractivity contribution in [2.24, 2.45) is 5.73 Å². The van der Waals surface area contributed by atoms with Crippen molar-refractivity contribution >= 4 is 11.3 Å². The van der Waals surface area contributed by atoms with Crippen molar-refractivity contribution in [2.75, 3.05) is 0 Å². The Balaban J connectivity index is 1.98. The van der Waals surface area contributed by atoms with Crippen molar-refractivity contribution in [3.05, 3.63) is 51.5 Å². The van der Waals surface area contributed by atoms with E-state index in [1.54, 1.807) is 0 Å². The van der Waals surface area contributed by atoms with Gasteiger partial charge in [0.05, 0.1) is 5.69 Å². The van der Waals surface area contributed by atoms with E-state index in [-0.39, 0.29) is 0 Å². The molecule has 2 heterocycles. The second kappa shape index (κ2) is 4.00. The van der Waals surface area contributed by atoms with Crippen LogP contribution in [0.25, 0.3) is 0 Å². The topological polar surface area (TPSA) is 38.9 Å². The molecule has 0 spiro atoms. The second-order valence-electron chi connectivity index (χ2n) is 4.15. The van der Waals surface area contributed by atoms with Gasteiger partial charge in [-0.05, 0) is 36.6 Å². The van der Waals surface area contributed by atoms with E-state index in [1.807, 2.05) is 23.6 Å². The van der Waals surface area contributed by atoms with Crippen molar-refractivity contribution in [1.29, 1.82) is 0 Å². The summed E-state index contributed by atoms with van der Waals surface area (Å²) in [6, 6.07) is 8.57. The number of rotatable bonds is 2. The molecule has 0 bridgehead atoms. The Morgan fingerprint density at radius 1 is 1.38 bits per heavy atom. The molecule has 1 aliphatic carbocycles. The highest BCUT2D eigenvalue weighted by atomic mass is 32.1. The predicted molar refractivity (Wildman–Crippen MR) is 66.6 cm³/mol. The van der Waals surface area contributed by atoms with E-state index in [1.165, 1.54) is 27.4 Å². The van der Waals surface area contributed by atoms with Gasteiger partial charge in [-0.25, -0.2) is 0 Å². The summed E-state index contributed by atoms with van der Waals surface area (Å²) in [6.07, 6.45) is 4.25. The normalized spacial score (nSPS) is 18.7. The summed E-state index contributed by atoms with van der Waals surface area (Å²) in [6.45, 7) is 0.645. The molecule has 2 nitrogen and oxygen atoms in total. The summed E-state index contributed by atoms with van der Waals surface area (Å²) in [5, 5.41) is 0. The van der Waals surface area contributed by atoms with Crippen LogP contribution in [0.15, 0.2) is 30.5 Å². The summed E-state index contributed by atoms with van der Waals surface area (Å²) >= 11 is 1.83. The van der Waals surface area contributed by atoms with Crippen LogP contribution in [0.3, 0.4) is 0 Å². The zero-order valence-electron chi connectivity index (χ0n) is 9.02. The maximum Gasteiger partial charge on any atom is 0.0518 e. The highest BCUT2D eigenvalue weighted by molar-refractivity contribution is 7.12. The minimum atomic E-state index is 0.501. The second-order valence-corrected chi connectivity index (χ2v) is 5.35. The molecule has 0 saturated heterocycles. The minimum absolute atomic E-state index is 0.501. The third-order valence-electron chi connectivity index (χ3n) is 3.19. The van der Waals surface area contributed by atoms with Gasteiger partial charge in [0.2, 0.25) is 0 Å². The molecule has 16 heavy (non-hydrogen) atoms. The van der Waals surface area contributed by atoms with Gasteiger partial charge in [0.1, 0.15) is 0 Å². The summed E-state index contributed by atoms with van der Waals surface area (Å²) in [4.78, 5) is 7.21. The molecular weight excluding hydrogens is 216 g/mol. The van der Waals surface area contributed by atoms with Gasteiger partial charge in [-0.15, -0.1) is 11.3 Å². The standard InChI is InChI=1S/C13H14N2S/c14-8-10-4-6-12(16-10)11-5-3-9-2-1-7-15-13(9)11/h1-2,4,6-7,11H,3,5,8,14H2. The van der Waals surface area contributed by atoms with E-state index >= 15 is 0 Å². The van der Waals surface area contributed by atoms with E-state index < -0.39 is 0 Å². The van der Waals surface area contributed by atoms with E-state index in [4.69, 9.17) is 5.73 Å². The van der Waals surface area contributed by atoms with Crippen LogP contribution in [-0.2, 0) is 13.0 Å². The Bertz CT molecular complexity index is 504. The summed E-state index contributed by atoms with van der Waals surface area (Å²) in [7, 11) is 0. The number of fused-ring (bicyclic) bond motifs is 1. The molecule has 2 aromatic rings. The third kappa shape index (κ3) is 1.56. The highest BCUT2D eigenvalue weighted by Gasteiger charge is 2.25. The SMILES string of the molecule is NCc1ccc(C2CCc3cccnc32)s1. The number of aromatic nitrogens is 1. The Morgan fingerprint density at radius 2 is 2.31 bits per heavy atom. The van der Waals surface area contributed by atoms with Gasteiger partial charge in [-0.1, -0.05) is 6.07 Å². The van der Waals surface area contributed by atoms with Gasteiger partial charge in [0, 0.05) is 28.4 Å². The zero-order valence-corrected chi connectivity index (χ0v) is 9.83. The first-order chi connectivity index (χ1) is 7.88. The lowest BCUT2D eigenvalue weighted by Gasteiger charge is -2.07. The van der Waals surface area contributed by atoms with E-state index in [2.05, 4.69) is 23.2 Å². The molecule has 2 aromatic heterocycles. The number of hydrogen-bond donors (Lipinski definition) is 1. The molecule has 3 heteroatoms. The highest BCUT2D eigenvalue weighted by Crippen LogP contribution is 2.39. The Morgan fingerprint density at radius 3 is 3.12 bits per heavy atom. The molecule has 0 amide bonds. The number of nitrogens with two attached hydrogens (primary N) is 1. The lowest BCUT2D eigenvalue weighted by Crippen LogP contribution is -1.95. The van der Waals surface area contributed by atoms with Crippen molar-refractivity contribution in [3.63, 3.8) is 0 Å². The maximum absolute atomic E-state index is 5.65. The molecule has 0 radical (unpaired) electrons. The summed E-state index contributed by atoms with van der Waals surface area (Å²) < 4.78 is 0. The van der Waals surface area contributed by atoms with Gasteiger partial charge in [0.15, 0.2) is 0 Å². The molecule has 0 fully saturated rings.